The predicted octanol–water partition coefficient (Wildman–Crippen LogP) is 3.35. The first-order chi connectivity index (χ1) is 14.1. The highest BCUT2D eigenvalue weighted by atomic mass is 16.6. The quantitative estimate of drug-likeness (QED) is 0.731. The van der Waals surface area contributed by atoms with Crippen molar-refractivity contribution in [2.45, 2.75) is 39.3 Å². The molecule has 0 radical (unpaired) electrons. The number of nitrogens with one attached hydrogen (secondary N) is 2. The molecule has 160 valence electrons. The van der Waals surface area contributed by atoms with Crippen molar-refractivity contribution in [3.63, 3.8) is 0 Å². The van der Waals surface area contributed by atoms with Crippen molar-refractivity contribution >= 4 is 23.6 Å². The summed E-state index contributed by atoms with van der Waals surface area (Å²) in [6, 6.07) is 16.5. The van der Waals surface area contributed by atoms with Gasteiger partial charge in [0, 0.05) is 19.3 Å². The van der Waals surface area contributed by atoms with Gasteiger partial charge in [0.05, 0.1) is 13.0 Å². The second kappa shape index (κ2) is 10.4. The standard InChI is InChI=1S/C23H29N3O4/c1-23(2,3)30-22(29)26(4)16-18-11-8-12-19(13-18)25-21(28)15-24-20(27)14-17-9-6-5-7-10-17/h5-13H,14-16H2,1-4H3,(H,24,27)(H,25,28). The van der Waals surface area contributed by atoms with E-state index in [1.165, 1.54) is 4.90 Å². The van der Waals surface area contributed by atoms with Gasteiger partial charge in [0.25, 0.3) is 0 Å². The lowest BCUT2D eigenvalue weighted by Gasteiger charge is -2.24. The molecule has 0 heterocycles. The zero-order valence-corrected chi connectivity index (χ0v) is 17.9. The largest absolute Gasteiger partial charge is 0.444 e. The highest BCUT2D eigenvalue weighted by molar-refractivity contribution is 5.94. The zero-order valence-electron chi connectivity index (χ0n) is 17.9. The first kappa shape index (κ1) is 22.9. The Bertz CT molecular complexity index is 876. The molecule has 0 fully saturated rings. The SMILES string of the molecule is CN(Cc1cccc(NC(=O)CNC(=O)Cc2ccccc2)c1)C(=O)OC(C)(C)C. The third-order valence-corrected chi connectivity index (χ3v) is 3.99. The lowest BCUT2D eigenvalue weighted by molar-refractivity contribution is -0.123. The number of hydrogen-bond donors (Lipinski definition) is 2. The fourth-order valence-electron chi connectivity index (χ4n) is 2.65. The Morgan fingerprint density at radius 3 is 2.27 bits per heavy atom. The molecule has 0 bridgehead atoms. The smallest absolute Gasteiger partial charge is 0.410 e. The molecule has 2 aromatic rings. The second-order valence-electron chi connectivity index (χ2n) is 8.02. The first-order valence-electron chi connectivity index (χ1n) is 9.76. The van der Waals surface area contributed by atoms with Crippen LogP contribution in [0.15, 0.2) is 54.6 Å². The van der Waals surface area contributed by atoms with Crippen LogP contribution in [-0.2, 0) is 27.3 Å². The van der Waals surface area contributed by atoms with Crippen LogP contribution in [0, 0.1) is 0 Å². The van der Waals surface area contributed by atoms with Gasteiger partial charge < -0.3 is 20.3 Å². The Labute approximate surface area is 177 Å². The topological polar surface area (TPSA) is 87.7 Å². The van der Waals surface area contributed by atoms with Crippen LogP contribution in [0.5, 0.6) is 0 Å². The normalized spacial score (nSPS) is 10.8. The van der Waals surface area contributed by atoms with E-state index in [1.807, 2.05) is 57.2 Å². The van der Waals surface area contributed by atoms with Crippen molar-refractivity contribution in [3.05, 3.63) is 65.7 Å². The van der Waals surface area contributed by atoms with Crippen LogP contribution >= 0.6 is 0 Å². The van der Waals surface area contributed by atoms with E-state index in [-0.39, 0.29) is 24.8 Å². The molecule has 0 aromatic heterocycles. The summed E-state index contributed by atoms with van der Waals surface area (Å²) in [6.45, 7) is 5.66. The highest BCUT2D eigenvalue weighted by Crippen LogP contribution is 2.14. The molecule has 0 aliphatic heterocycles. The molecule has 2 rings (SSSR count). The van der Waals surface area contributed by atoms with E-state index in [4.69, 9.17) is 4.74 Å². The molecule has 0 aliphatic rings. The number of carbonyl (C=O) groups excluding carboxylic acids is 3. The van der Waals surface area contributed by atoms with E-state index < -0.39 is 11.7 Å². The molecule has 0 aliphatic carbocycles. The van der Waals surface area contributed by atoms with Gasteiger partial charge in [-0.25, -0.2) is 4.79 Å². The molecule has 0 atom stereocenters. The average Bonchev–Trinajstić information content (AvgIpc) is 2.66. The molecular formula is C23H29N3O4. The maximum absolute atomic E-state index is 12.2. The number of carbonyl (C=O) groups is 3. The number of rotatable bonds is 7. The van der Waals surface area contributed by atoms with Crippen molar-refractivity contribution < 1.29 is 19.1 Å². The van der Waals surface area contributed by atoms with Crippen LogP contribution in [-0.4, -0.2) is 42.0 Å². The van der Waals surface area contributed by atoms with Crippen molar-refractivity contribution in [2.24, 2.45) is 0 Å². The minimum absolute atomic E-state index is 0.117. The minimum Gasteiger partial charge on any atom is -0.444 e. The molecule has 0 saturated heterocycles. The van der Waals surface area contributed by atoms with Gasteiger partial charge in [0.2, 0.25) is 11.8 Å². The van der Waals surface area contributed by atoms with E-state index in [2.05, 4.69) is 10.6 Å². The molecule has 0 unspecified atom stereocenters. The third-order valence-electron chi connectivity index (χ3n) is 3.99. The van der Waals surface area contributed by atoms with Crippen molar-refractivity contribution in [1.29, 1.82) is 0 Å². The van der Waals surface area contributed by atoms with Crippen LogP contribution < -0.4 is 10.6 Å². The van der Waals surface area contributed by atoms with Gasteiger partial charge in [-0.05, 0) is 44.0 Å². The molecule has 7 heteroatoms. The number of nitrogens with zero attached hydrogens (tertiary/aromatic N) is 1. The number of hydrogen-bond acceptors (Lipinski definition) is 4. The van der Waals surface area contributed by atoms with Gasteiger partial charge in [-0.2, -0.15) is 0 Å². The maximum atomic E-state index is 12.2. The van der Waals surface area contributed by atoms with Crippen LogP contribution in [0.4, 0.5) is 10.5 Å². The summed E-state index contributed by atoms with van der Waals surface area (Å²) in [5.74, 6) is -0.543. The second-order valence-corrected chi connectivity index (χ2v) is 8.02. The number of anilines is 1. The Kier molecular flexibility index (Phi) is 7.98. The molecule has 0 spiro atoms. The number of amides is 3. The average molecular weight is 412 g/mol. The van der Waals surface area contributed by atoms with Crippen molar-refractivity contribution in [2.75, 3.05) is 18.9 Å². The Balaban J connectivity index is 1.83. The maximum Gasteiger partial charge on any atom is 0.410 e. The van der Waals surface area contributed by atoms with Gasteiger partial charge in [-0.15, -0.1) is 0 Å². The lowest BCUT2D eigenvalue weighted by Crippen LogP contribution is -2.34. The van der Waals surface area contributed by atoms with Crippen LogP contribution in [0.1, 0.15) is 31.9 Å². The van der Waals surface area contributed by atoms with Crippen LogP contribution in [0.2, 0.25) is 0 Å². The number of benzene rings is 2. The van der Waals surface area contributed by atoms with Crippen molar-refractivity contribution in [3.8, 4) is 0 Å². The fraction of sp³-hybridized carbons (Fsp3) is 0.348. The summed E-state index contributed by atoms with van der Waals surface area (Å²) < 4.78 is 5.34. The molecule has 3 amide bonds. The van der Waals surface area contributed by atoms with Gasteiger partial charge in [0.1, 0.15) is 5.60 Å². The summed E-state index contributed by atoms with van der Waals surface area (Å²) in [6.07, 6.45) is -0.196. The summed E-state index contributed by atoms with van der Waals surface area (Å²) in [5.41, 5.74) is 1.76. The third kappa shape index (κ3) is 8.34. The molecule has 30 heavy (non-hydrogen) atoms. The van der Waals surface area contributed by atoms with E-state index in [0.29, 0.717) is 12.2 Å². The summed E-state index contributed by atoms with van der Waals surface area (Å²) >= 11 is 0. The molecular weight excluding hydrogens is 382 g/mol. The van der Waals surface area contributed by atoms with E-state index in [0.717, 1.165) is 11.1 Å². The monoisotopic (exact) mass is 411 g/mol. The van der Waals surface area contributed by atoms with Crippen molar-refractivity contribution in [1.82, 2.24) is 10.2 Å². The summed E-state index contributed by atoms with van der Waals surface area (Å²) in [5, 5.41) is 5.37. The first-order valence-corrected chi connectivity index (χ1v) is 9.76. The summed E-state index contributed by atoms with van der Waals surface area (Å²) in [4.78, 5) is 37.7. The molecule has 2 N–H and O–H groups in total. The minimum atomic E-state index is -0.563. The fourth-order valence-corrected chi connectivity index (χ4v) is 2.65. The Morgan fingerprint density at radius 2 is 1.60 bits per heavy atom. The number of ether oxygens (including phenoxy) is 1. The molecule has 0 saturated carbocycles. The van der Waals surface area contributed by atoms with E-state index >= 15 is 0 Å². The van der Waals surface area contributed by atoms with Gasteiger partial charge in [-0.3, -0.25) is 9.59 Å². The van der Waals surface area contributed by atoms with E-state index in [1.54, 1.807) is 25.2 Å². The lowest BCUT2D eigenvalue weighted by atomic mass is 10.1. The molecule has 7 nitrogen and oxygen atoms in total. The molecule has 2 aromatic carbocycles. The zero-order chi connectivity index (χ0) is 22.1. The van der Waals surface area contributed by atoms with Gasteiger partial charge >= 0.3 is 6.09 Å². The van der Waals surface area contributed by atoms with Gasteiger partial charge in [-0.1, -0.05) is 42.5 Å². The van der Waals surface area contributed by atoms with Gasteiger partial charge in [0.15, 0.2) is 0 Å². The highest BCUT2D eigenvalue weighted by Gasteiger charge is 2.19. The predicted molar refractivity (Wildman–Crippen MR) is 116 cm³/mol. The Hall–Kier alpha value is -3.35. The summed E-state index contributed by atoms with van der Waals surface area (Å²) in [7, 11) is 1.65. The van der Waals surface area contributed by atoms with Crippen LogP contribution in [0.3, 0.4) is 0 Å². The van der Waals surface area contributed by atoms with Crippen LogP contribution in [0.25, 0.3) is 0 Å². The Morgan fingerprint density at radius 1 is 0.933 bits per heavy atom. The van der Waals surface area contributed by atoms with E-state index in [9.17, 15) is 14.4 Å².